The van der Waals surface area contributed by atoms with Crippen molar-refractivity contribution in [2.75, 3.05) is 24.5 Å². The quantitative estimate of drug-likeness (QED) is 0.851. The molecule has 1 aromatic heterocycles. The molecule has 130 valence electrons. The third kappa shape index (κ3) is 2.78. The number of carbonyl (C=O) groups excluding carboxylic acids is 1. The van der Waals surface area contributed by atoms with Crippen LogP contribution < -0.4 is 4.90 Å². The number of hydrogen-bond donors (Lipinski definition) is 1. The van der Waals surface area contributed by atoms with Gasteiger partial charge in [-0.3, -0.25) is 9.69 Å². The molecule has 0 aliphatic carbocycles. The lowest BCUT2D eigenvalue weighted by Crippen LogP contribution is -2.46. The molecule has 24 heavy (non-hydrogen) atoms. The highest BCUT2D eigenvalue weighted by Gasteiger charge is 2.49. The van der Waals surface area contributed by atoms with E-state index in [0.29, 0.717) is 25.8 Å². The number of pyridine rings is 1. The average molecular weight is 343 g/mol. The largest absolute Gasteiger partial charge is 0.465 e. The van der Waals surface area contributed by atoms with Crippen molar-refractivity contribution in [3.8, 4) is 0 Å². The molecule has 2 aliphatic heterocycles. The molecular formula is C15H16F3N3O3. The second-order valence-corrected chi connectivity index (χ2v) is 6.14. The summed E-state index contributed by atoms with van der Waals surface area (Å²) in [4.78, 5) is 29.8. The van der Waals surface area contributed by atoms with Gasteiger partial charge in [-0.05, 0) is 31.4 Å². The fraction of sp³-hybridized carbons (Fsp3) is 0.533. The van der Waals surface area contributed by atoms with Crippen LogP contribution in [0.3, 0.4) is 0 Å². The number of rotatable bonds is 1. The van der Waals surface area contributed by atoms with Crippen molar-refractivity contribution in [3.05, 3.63) is 23.9 Å². The summed E-state index contributed by atoms with van der Waals surface area (Å²) < 4.78 is 38.4. The number of aromatic nitrogens is 1. The molecule has 6 nitrogen and oxygen atoms in total. The van der Waals surface area contributed by atoms with Crippen molar-refractivity contribution in [2.24, 2.45) is 5.41 Å². The Balaban J connectivity index is 1.79. The van der Waals surface area contributed by atoms with Gasteiger partial charge in [0, 0.05) is 19.6 Å². The first-order valence-electron chi connectivity index (χ1n) is 7.57. The number of hydrogen-bond acceptors (Lipinski definition) is 3. The van der Waals surface area contributed by atoms with Crippen LogP contribution in [0.2, 0.25) is 0 Å². The van der Waals surface area contributed by atoms with Gasteiger partial charge in [0.15, 0.2) is 0 Å². The number of anilines is 1. The molecule has 1 N–H and O–H groups in total. The van der Waals surface area contributed by atoms with Crippen molar-refractivity contribution in [3.63, 3.8) is 0 Å². The zero-order valence-corrected chi connectivity index (χ0v) is 12.7. The van der Waals surface area contributed by atoms with Gasteiger partial charge in [-0.15, -0.1) is 0 Å². The summed E-state index contributed by atoms with van der Waals surface area (Å²) in [6.07, 6.45) is -4.33. The molecule has 0 atom stereocenters. The van der Waals surface area contributed by atoms with Crippen LogP contribution in [0.25, 0.3) is 0 Å². The standard InChI is InChI=1S/C15H16F3N3O3/c16-15(17,18)10-2-1-3-11(19-10)21-9-6-14(12(21)22)4-7-20(8-5-14)13(23)24/h1-3H,4-9H2,(H,23,24). The van der Waals surface area contributed by atoms with E-state index in [0.717, 1.165) is 6.07 Å². The Labute approximate surface area is 135 Å². The van der Waals surface area contributed by atoms with Gasteiger partial charge in [0.25, 0.3) is 0 Å². The number of likely N-dealkylation sites (tertiary alicyclic amines) is 1. The minimum atomic E-state index is -4.57. The Hall–Kier alpha value is -2.32. The summed E-state index contributed by atoms with van der Waals surface area (Å²) >= 11 is 0. The Kier molecular flexibility index (Phi) is 3.89. The van der Waals surface area contributed by atoms with Gasteiger partial charge in [0.2, 0.25) is 5.91 Å². The molecule has 9 heteroatoms. The predicted molar refractivity (Wildman–Crippen MR) is 77.5 cm³/mol. The Bertz CT molecular complexity index is 669. The van der Waals surface area contributed by atoms with Crippen molar-refractivity contribution in [1.29, 1.82) is 0 Å². The fourth-order valence-corrected chi connectivity index (χ4v) is 3.36. The van der Waals surface area contributed by atoms with Crippen LogP contribution in [0.4, 0.5) is 23.8 Å². The van der Waals surface area contributed by atoms with Gasteiger partial charge < -0.3 is 10.0 Å². The maximum Gasteiger partial charge on any atom is 0.433 e. The monoisotopic (exact) mass is 343 g/mol. The molecule has 1 aromatic rings. The van der Waals surface area contributed by atoms with Gasteiger partial charge in [-0.1, -0.05) is 6.07 Å². The molecule has 0 saturated carbocycles. The van der Waals surface area contributed by atoms with Crippen LogP contribution in [0.1, 0.15) is 25.0 Å². The van der Waals surface area contributed by atoms with Gasteiger partial charge in [-0.25, -0.2) is 9.78 Å². The van der Waals surface area contributed by atoms with E-state index in [1.807, 2.05) is 0 Å². The molecule has 2 saturated heterocycles. The lowest BCUT2D eigenvalue weighted by Gasteiger charge is -2.36. The van der Waals surface area contributed by atoms with Gasteiger partial charge in [0.05, 0.1) is 5.41 Å². The SMILES string of the molecule is O=C(O)N1CCC2(CC1)CCN(c1cccc(C(F)(F)F)n1)C2=O. The average Bonchev–Trinajstić information content (AvgIpc) is 2.84. The van der Waals surface area contributed by atoms with Crippen molar-refractivity contribution in [1.82, 2.24) is 9.88 Å². The molecule has 0 aromatic carbocycles. The number of piperidine rings is 1. The first-order valence-corrected chi connectivity index (χ1v) is 7.57. The maximum atomic E-state index is 12.8. The van der Waals surface area contributed by atoms with E-state index in [-0.39, 0.29) is 24.8 Å². The van der Waals surface area contributed by atoms with E-state index < -0.39 is 23.4 Å². The van der Waals surface area contributed by atoms with Crippen LogP contribution in [-0.4, -0.2) is 46.6 Å². The molecule has 2 fully saturated rings. The molecule has 0 radical (unpaired) electrons. The predicted octanol–water partition coefficient (Wildman–Crippen LogP) is 2.60. The Morgan fingerprint density at radius 1 is 1.17 bits per heavy atom. The zero-order chi connectivity index (χ0) is 17.5. The zero-order valence-electron chi connectivity index (χ0n) is 12.7. The molecule has 0 bridgehead atoms. The Morgan fingerprint density at radius 3 is 2.38 bits per heavy atom. The third-order valence-electron chi connectivity index (χ3n) is 4.81. The van der Waals surface area contributed by atoms with E-state index in [9.17, 15) is 22.8 Å². The molecular weight excluding hydrogens is 327 g/mol. The third-order valence-corrected chi connectivity index (χ3v) is 4.81. The van der Waals surface area contributed by atoms with Crippen LogP contribution in [-0.2, 0) is 11.0 Å². The number of halogens is 3. The molecule has 2 aliphatic rings. The van der Waals surface area contributed by atoms with Crippen molar-refractivity contribution < 1.29 is 27.9 Å². The van der Waals surface area contributed by atoms with Gasteiger partial charge >= 0.3 is 12.3 Å². The highest BCUT2D eigenvalue weighted by atomic mass is 19.4. The van der Waals surface area contributed by atoms with Crippen LogP contribution in [0.5, 0.6) is 0 Å². The van der Waals surface area contributed by atoms with Gasteiger partial charge in [-0.2, -0.15) is 13.2 Å². The normalized spacial score (nSPS) is 20.7. The first-order chi connectivity index (χ1) is 11.2. The summed E-state index contributed by atoms with van der Waals surface area (Å²) in [6.45, 7) is 0.802. The number of carbonyl (C=O) groups is 2. The van der Waals surface area contributed by atoms with Crippen LogP contribution in [0, 0.1) is 5.41 Å². The van der Waals surface area contributed by atoms with E-state index >= 15 is 0 Å². The van der Waals surface area contributed by atoms with Gasteiger partial charge in [0.1, 0.15) is 11.5 Å². The molecule has 1 spiro atoms. The summed E-state index contributed by atoms with van der Waals surface area (Å²) in [6, 6.07) is 3.49. The summed E-state index contributed by atoms with van der Waals surface area (Å²) in [5, 5.41) is 8.99. The summed E-state index contributed by atoms with van der Waals surface area (Å²) in [5.41, 5.74) is -1.73. The van der Waals surface area contributed by atoms with E-state index in [1.165, 1.54) is 21.9 Å². The number of nitrogens with zero attached hydrogens (tertiary/aromatic N) is 3. The molecule has 2 amide bonds. The minimum absolute atomic E-state index is 0.00707. The second-order valence-electron chi connectivity index (χ2n) is 6.14. The van der Waals surface area contributed by atoms with Crippen LogP contribution >= 0.6 is 0 Å². The highest BCUT2D eigenvalue weighted by molar-refractivity contribution is 5.99. The minimum Gasteiger partial charge on any atom is -0.465 e. The number of amides is 2. The smallest absolute Gasteiger partial charge is 0.433 e. The van der Waals surface area contributed by atoms with E-state index in [2.05, 4.69) is 4.98 Å². The maximum absolute atomic E-state index is 12.8. The second kappa shape index (κ2) is 5.64. The summed E-state index contributed by atoms with van der Waals surface area (Å²) in [5.74, 6) is -0.272. The molecule has 3 rings (SSSR count). The lowest BCUT2D eigenvalue weighted by molar-refractivity contribution is -0.141. The molecule has 0 unspecified atom stereocenters. The highest BCUT2D eigenvalue weighted by Crippen LogP contribution is 2.43. The summed E-state index contributed by atoms with van der Waals surface area (Å²) in [7, 11) is 0. The molecule has 3 heterocycles. The number of alkyl halides is 3. The van der Waals surface area contributed by atoms with Crippen molar-refractivity contribution in [2.45, 2.75) is 25.4 Å². The fourth-order valence-electron chi connectivity index (χ4n) is 3.36. The lowest BCUT2D eigenvalue weighted by atomic mass is 9.77. The Morgan fingerprint density at radius 2 is 1.79 bits per heavy atom. The van der Waals surface area contributed by atoms with Crippen molar-refractivity contribution >= 4 is 17.8 Å². The van der Waals surface area contributed by atoms with E-state index in [4.69, 9.17) is 5.11 Å². The van der Waals surface area contributed by atoms with Crippen LogP contribution in [0.15, 0.2) is 18.2 Å². The topological polar surface area (TPSA) is 73.7 Å². The van der Waals surface area contributed by atoms with E-state index in [1.54, 1.807) is 0 Å². The number of carboxylic acid groups (broad SMARTS) is 1. The first kappa shape index (κ1) is 16.5.